The number of aliphatic carboxylic acids is 1. The van der Waals surface area contributed by atoms with Gasteiger partial charge < -0.3 is 57.8 Å². The highest BCUT2D eigenvalue weighted by Crippen LogP contribution is 2.32. The number of rotatable bonds is 32. The topological polar surface area (TPSA) is 159 Å². The average Bonchev–Trinajstić information content (AvgIpc) is 3.10. The first-order chi connectivity index (χ1) is 24.8. The molecule has 17 heteroatoms. The molecule has 51 heavy (non-hydrogen) atoms. The summed E-state index contributed by atoms with van der Waals surface area (Å²) in [5.74, 6) is -1.65. The number of alkyl halides is 3. The Morgan fingerprint density at radius 3 is 1.39 bits per heavy atom. The van der Waals surface area contributed by atoms with Crippen LogP contribution in [0.25, 0.3) is 0 Å². The lowest BCUT2D eigenvalue weighted by Crippen LogP contribution is -2.16. The summed E-state index contributed by atoms with van der Waals surface area (Å²) in [7, 11) is 0. The predicted molar refractivity (Wildman–Crippen MR) is 176 cm³/mol. The maximum atomic E-state index is 13.0. The van der Waals surface area contributed by atoms with Crippen LogP contribution in [0, 0.1) is 0 Å². The number of anilines is 2. The van der Waals surface area contributed by atoms with Gasteiger partial charge in [0.2, 0.25) is 0 Å². The Morgan fingerprint density at radius 2 is 0.961 bits per heavy atom. The van der Waals surface area contributed by atoms with Gasteiger partial charge in [-0.25, -0.2) is 9.59 Å². The SMILES string of the molecule is O=C(O)COCCOCCOCCOCCOCCOCCOCCOCCOCCOC(=O)c1ccccc1Nc1cccc(C(F)(F)F)c1. The Balaban J connectivity index is 1.32. The molecule has 0 amide bonds. The lowest BCUT2D eigenvalue weighted by Gasteiger charge is -2.13. The molecule has 2 aromatic carbocycles. The number of benzene rings is 2. The summed E-state index contributed by atoms with van der Waals surface area (Å²) in [6.45, 7) is 5.95. The van der Waals surface area contributed by atoms with Gasteiger partial charge in [-0.2, -0.15) is 13.2 Å². The van der Waals surface area contributed by atoms with Crippen LogP contribution in [-0.2, 0) is 58.3 Å². The number of para-hydroxylation sites is 1. The first-order valence-corrected chi connectivity index (χ1v) is 16.4. The summed E-state index contributed by atoms with van der Waals surface area (Å²) in [5, 5.41) is 11.3. The minimum absolute atomic E-state index is 0.00951. The highest BCUT2D eigenvalue weighted by Gasteiger charge is 2.30. The van der Waals surface area contributed by atoms with Crippen LogP contribution < -0.4 is 5.32 Å². The third-order valence-corrected chi connectivity index (χ3v) is 6.28. The van der Waals surface area contributed by atoms with Gasteiger partial charge in [0.05, 0.1) is 129 Å². The Bertz CT molecular complexity index is 1210. The van der Waals surface area contributed by atoms with E-state index in [1.54, 1.807) is 18.2 Å². The number of halogens is 3. The molecule has 0 spiro atoms. The van der Waals surface area contributed by atoms with Crippen LogP contribution in [0.4, 0.5) is 24.5 Å². The van der Waals surface area contributed by atoms with Crippen molar-refractivity contribution in [3.8, 4) is 0 Å². The second-order valence-electron chi connectivity index (χ2n) is 10.2. The fraction of sp³-hybridized carbons (Fsp3) is 0.588. The molecule has 0 saturated carbocycles. The number of carbonyl (C=O) groups is 2. The maximum absolute atomic E-state index is 13.0. The van der Waals surface area contributed by atoms with Gasteiger partial charge >= 0.3 is 18.1 Å². The molecule has 0 unspecified atom stereocenters. The second-order valence-corrected chi connectivity index (χ2v) is 10.2. The lowest BCUT2D eigenvalue weighted by atomic mass is 10.1. The molecule has 2 rings (SSSR count). The number of nitrogens with one attached hydrogen (secondary N) is 1. The van der Waals surface area contributed by atoms with Gasteiger partial charge in [0.25, 0.3) is 0 Å². The molecule has 2 N–H and O–H groups in total. The maximum Gasteiger partial charge on any atom is 0.416 e. The Kier molecular flexibility index (Phi) is 24.2. The standard InChI is InChI=1S/C34H48F3NO13/c35-34(36,37)28-4-3-5-29(26-28)38-31-7-2-1-6-30(31)33(41)51-25-24-49-21-20-47-17-16-45-13-12-43-9-8-42-10-11-44-14-15-46-18-19-48-22-23-50-27-32(39)40/h1-7,26,38H,8-25,27H2,(H,39,40). The van der Waals surface area contributed by atoms with Crippen molar-refractivity contribution >= 4 is 23.3 Å². The van der Waals surface area contributed by atoms with Gasteiger partial charge in [0.15, 0.2) is 0 Å². The van der Waals surface area contributed by atoms with Crippen LogP contribution in [0.2, 0.25) is 0 Å². The van der Waals surface area contributed by atoms with E-state index < -0.39 is 23.7 Å². The van der Waals surface area contributed by atoms with E-state index >= 15 is 0 Å². The molecular weight excluding hydrogens is 687 g/mol. The Morgan fingerprint density at radius 1 is 0.549 bits per heavy atom. The average molecular weight is 736 g/mol. The largest absolute Gasteiger partial charge is 0.480 e. The monoisotopic (exact) mass is 735 g/mol. The Hall–Kier alpha value is -3.39. The van der Waals surface area contributed by atoms with Gasteiger partial charge in [-0.3, -0.25) is 0 Å². The molecule has 0 heterocycles. The molecule has 0 fully saturated rings. The van der Waals surface area contributed by atoms with Crippen molar-refractivity contribution in [2.24, 2.45) is 0 Å². The summed E-state index contributed by atoms with van der Waals surface area (Å²) in [6.07, 6.45) is -4.48. The molecular formula is C34H48F3NO13. The molecule has 0 bridgehead atoms. The highest BCUT2D eigenvalue weighted by molar-refractivity contribution is 5.96. The van der Waals surface area contributed by atoms with Gasteiger partial charge in [0, 0.05) is 5.69 Å². The van der Waals surface area contributed by atoms with E-state index in [0.29, 0.717) is 105 Å². The number of hydrogen-bond acceptors (Lipinski definition) is 13. The minimum atomic E-state index is -4.48. The zero-order valence-electron chi connectivity index (χ0n) is 28.5. The fourth-order valence-corrected chi connectivity index (χ4v) is 3.89. The van der Waals surface area contributed by atoms with E-state index in [9.17, 15) is 22.8 Å². The lowest BCUT2D eigenvalue weighted by molar-refractivity contribution is -0.142. The molecule has 0 saturated heterocycles. The molecule has 0 atom stereocenters. The van der Waals surface area contributed by atoms with E-state index in [4.69, 9.17) is 52.5 Å². The summed E-state index contributed by atoms with van der Waals surface area (Å²) in [5.41, 5.74) is -0.115. The van der Waals surface area contributed by atoms with E-state index in [-0.39, 0.29) is 37.7 Å². The number of carboxylic acid groups (broad SMARTS) is 1. The molecule has 0 aliphatic rings. The fourth-order valence-electron chi connectivity index (χ4n) is 3.89. The van der Waals surface area contributed by atoms with Crippen LogP contribution in [0.1, 0.15) is 15.9 Å². The van der Waals surface area contributed by atoms with Crippen molar-refractivity contribution < 1.29 is 75.2 Å². The Labute approximate surface area is 295 Å². The first-order valence-electron chi connectivity index (χ1n) is 16.4. The van der Waals surface area contributed by atoms with E-state index in [1.165, 1.54) is 18.2 Å². The molecule has 288 valence electrons. The van der Waals surface area contributed by atoms with Crippen LogP contribution in [0.3, 0.4) is 0 Å². The number of ether oxygens (including phenoxy) is 10. The number of hydrogen-bond donors (Lipinski definition) is 2. The van der Waals surface area contributed by atoms with Crippen molar-refractivity contribution in [1.29, 1.82) is 0 Å². The van der Waals surface area contributed by atoms with E-state index in [2.05, 4.69) is 5.32 Å². The van der Waals surface area contributed by atoms with Gasteiger partial charge in [-0.05, 0) is 30.3 Å². The number of carboxylic acids is 1. The smallest absolute Gasteiger partial charge is 0.416 e. The molecule has 0 aliphatic heterocycles. The zero-order chi connectivity index (χ0) is 36.8. The van der Waals surface area contributed by atoms with Crippen LogP contribution in [-0.4, -0.2) is 143 Å². The summed E-state index contributed by atoms with van der Waals surface area (Å²) in [4.78, 5) is 22.8. The summed E-state index contributed by atoms with van der Waals surface area (Å²) in [6, 6.07) is 11.1. The third kappa shape index (κ3) is 22.9. The van der Waals surface area contributed by atoms with Gasteiger partial charge in [-0.15, -0.1) is 0 Å². The molecule has 2 aromatic rings. The normalized spacial score (nSPS) is 11.5. The van der Waals surface area contributed by atoms with Gasteiger partial charge in [-0.1, -0.05) is 18.2 Å². The molecule has 0 aliphatic carbocycles. The van der Waals surface area contributed by atoms with Gasteiger partial charge in [0.1, 0.15) is 13.2 Å². The minimum Gasteiger partial charge on any atom is -0.480 e. The van der Waals surface area contributed by atoms with Crippen LogP contribution >= 0.6 is 0 Å². The summed E-state index contributed by atoms with van der Waals surface area (Å²) < 4.78 is 92.3. The van der Waals surface area contributed by atoms with Crippen LogP contribution in [0.15, 0.2) is 48.5 Å². The highest BCUT2D eigenvalue weighted by atomic mass is 19.4. The van der Waals surface area contributed by atoms with E-state index in [0.717, 1.165) is 12.1 Å². The van der Waals surface area contributed by atoms with Crippen molar-refractivity contribution in [2.75, 3.05) is 131 Å². The molecule has 0 radical (unpaired) electrons. The van der Waals surface area contributed by atoms with Crippen molar-refractivity contribution in [3.63, 3.8) is 0 Å². The van der Waals surface area contributed by atoms with Crippen molar-refractivity contribution in [2.45, 2.75) is 6.18 Å². The van der Waals surface area contributed by atoms with Crippen LogP contribution in [0.5, 0.6) is 0 Å². The first kappa shape index (κ1) is 43.8. The predicted octanol–water partition coefficient (Wildman–Crippen LogP) is 3.84. The van der Waals surface area contributed by atoms with E-state index in [1.807, 2.05) is 0 Å². The number of esters is 1. The van der Waals surface area contributed by atoms with Crippen molar-refractivity contribution in [1.82, 2.24) is 0 Å². The van der Waals surface area contributed by atoms with Crippen molar-refractivity contribution in [3.05, 3.63) is 59.7 Å². The number of carbonyl (C=O) groups excluding carboxylic acids is 1. The molecule has 14 nitrogen and oxygen atoms in total. The molecule has 0 aromatic heterocycles. The summed E-state index contributed by atoms with van der Waals surface area (Å²) >= 11 is 0. The second kappa shape index (κ2) is 28.2. The third-order valence-electron chi connectivity index (χ3n) is 6.28. The zero-order valence-corrected chi connectivity index (χ0v) is 28.5. The quantitative estimate of drug-likeness (QED) is 0.0825.